The number of carbonyl (C=O) groups is 1. The average molecular weight is 288 g/mol. The summed E-state index contributed by atoms with van der Waals surface area (Å²) in [6.45, 7) is 7.20. The Morgan fingerprint density at radius 2 is 1.43 bits per heavy atom. The lowest BCUT2D eigenvalue weighted by Gasteiger charge is -2.61. The highest BCUT2D eigenvalue weighted by Crippen LogP contribution is 2.66. The quantitative estimate of drug-likeness (QED) is 0.679. The smallest absolute Gasteiger partial charge is 0.142 e. The standard InChI is InChI=1S/C20H32O/c1-13-4-14(2)6-17(5-13)18(21)20-10-15-7-16(11-20)9-19(3,8-15)12-20/h13-17H,4-12H2,1-3H3. The van der Waals surface area contributed by atoms with Crippen molar-refractivity contribution in [1.29, 1.82) is 0 Å². The summed E-state index contributed by atoms with van der Waals surface area (Å²) in [5.74, 6) is 4.36. The molecule has 0 radical (unpaired) electrons. The van der Waals surface area contributed by atoms with Gasteiger partial charge in [-0.05, 0) is 86.9 Å². The fourth-order valence-corrected chi connectivity index (χ4v) is 7.60. The van der Waals surface area contributed by atoms with Crippen molar-refractivity contribution < 1.29 is 4.79 Å². The van der Waals surface area contributed by atoms with Crippen LogP contribution < -0.4 is 0 Å². The molecule has 5 aliphatic carbocycles. The number of carbonyl (C=O) groups excluding carboxylic acids is 1. The molecule has 4 bridgehead atoms. The van der Waals surface area contributed by atoms with E-state index in [4.69, 9.17) is 0 Å². The van der Waals surface area contributed by atoms with E-state index in [2.05, 4.69) is 20.8 Å². The topological polar surface area (TPSA) is 17.1 Å². The van der Waals surface area contributed by atoms with Gasteiger partial charge in [-0.2, -0.15) is 0 Å². The summed E-state index contributed by atoms with van der Waals surface area (Å²) in [4.78, 5) is 13.5. The second kappa shape index (κ2) is 4.59. The molecule has 118 valence electrons. The molecule has 0 aromatic carbocycles. The average Bonchev–Trinajstić information content (AvgIpc) is 2.33. The summed E-state index contributed by atoms with van der Waals surface area (Å²) in [5.41, 5.74) is 0.617. The molecule has 0 aliphatic heterocycles. The Labute approximate surface area is 130 Å². The Balaban J connectivity index is 1.59. The van der Waals surface area contributed by atoms with Gasteiger partial charge in [0.15, 0.2) is 0 Å². The van der Waals surface area contributed by atoms with Crippen LogP contribution in [0.15, 0.2) is 0 Å². The Kier molecular flexibility index (Phi) is 3.12. The van der Waals surface area contributed by atoms with Crippen LogP contribution in [-0.2, 0) is 4.79 Å². The number of ketones is 1. The van der Waals surface area contributed by atoms with Gasteiger partial charge in [-0.3, -0.25) is 4.79 Å². The Hall–Kier alpha value is -0.330. The van der Waals surface area contributed by atoms with E-state index in [1.165, 1.54) is 57.8 Å². The van der Waals surface area contributed by atoms with Crippen LogP contribution in [0.2, 0.25) is 0 Å². The largest absolute Gasteiger partial charge is 0.299 e. The van der Waals surface area contributed by atoms with Crippen molar-refractivity contribution in [1.82, 2.24) is 0 Å². The van der Waals surface area contributed by atoms with Crippen molar-refractivity contribution in [3.05, 3.63) is 0 Å². The minimum absolute atomic E-state index is 0.111. The lowest BCUT2D eigenvalue weighted by Crippen LogP contribution is -2.55. The molecule has 0 spiro atoms. The van der Waals surface area contributed by atoms with Crippen LogP contribution in [0.5, 0.6) is 0 Å². The monoisotopic (exact) mass is 288 g/mol. The maximum absolute atomic E-state index is 13.5. The third kappa shape index (κ3) is 2.30. The molecule has 5 saturated carbocycles. The van der Waals surface area contributed by atoms with Crippen molar-refractivity contribution in [2.24, 2.45) is 40.4 Å². The minimum Gasteiger partial charge on any atom is -0.299 e. The van der Waals surface area contributed by atoms with E-state index in [1.807, 2.05) is 0 Å². The summed E-state index contributed by atoms with van der Waals surface area (Å²) in [7, 11) is 0. The predicted molar refractivity (Wildman–Crippen MR) is 85.9 cm³/mol. The molecule has 5 fully saturated rings. The normalized spacial score (nSPS) is 55.7. The number of hydrogen-bond donors (Lipinski definition) is 0. The molecule has 5 rings (SSSR count). The number of Topliss-reactive ketones (excluding diaryl/α,β-unsaturated/α-hetero) is 1. The first-order chi connectivity index (χ1) is 9.87. The molecule has 0 heterocycles. The van der Waals surface area contributed by atoms with E-state index in [0.717, 1.165) is 23.7 Å². The second-order valence-corrected chi connectivity index (χ2v) is 10.0. The lowest BCUT2D eigenvalue weighted by atomic mass is 9.43. The Bertz CT molecular complexity index is 427. The van der Waals surface area contributed by atoms with Gasteiger partial charge in [-0.25, -0.2) is 0 Å². The summed E-state index contributed by atoms with van der Waals surface area (Å²) in [6, 6.07) is 0. The zero-order chi connectivity index (χ0) is 14.8. The van der Waals surface area contributed by atoms with Crippen LogP contribution in [-0.4, -0.2) is 5.78 Å². The fourth-order valence-electron chi connectivity index (χ4n) is 7.60. The van der Waals surface area contributed by atoms with Crippen LogP contribution in [0, 0.1) is 40.4 Å². The Morgan fingerprint density at radius 3 is 1.95 bits per heavy atom. The fraction of sp³-hybridized carbons (Fsp3) is 0.950. The lowest BCUT2D eigenvalue weighted by molar-refractivity contribution is -0.159. The van der Waals surface area contributed by atoms with Gasteiger partial charge >= 0.3 is 0 Å². The highest BCUT2D eigenvalue weighted by Gasteiger charge is 2.59. The van der Waals surface area contributed by atoms with E-state index in [9.17, 15) is 4.79 Å². The first-order valence-electron chi connectivity index (χ1n) is 9.42. The first-order valence-corrected chi connectivity index (χ1v) is 9.42. The summed E-state index contributed by atoms with van der Waals surface area (Å²) in [5, 5.41) is 0. The maximum Gasteiger partial charge on any atom is 0.142 e. The zero-order valence-corrected chi connectivity index (χ0v) is 14.2. The zero-order valence-electron chi connectivity index (χ0n) is 14.2. The molecule has 0 saturated heterocycles. The van der Waals surface area contributed by atoms with Crippen LogP contribution in [0.1, 0.15) is 78.6 Å². The molecule has 4 atom stereocenters. The van der Waals surface area contributed by atoms with Gasteiger partial charge < -0.3 is 0 Å². The van der Waals surface area contributed by atoms with Gasteiger partial charge in [-0.1, -0.05) is 20.8 Å². The van der Waals surface area contributed by atoms with Crippen molar-refractivity contribution in [2.75, 3.05) is 0 Å². The van der Waals surface area contributed by atoms with Gasteiger partial charge in [0.2, 0.25) is 0 Å². The van der Waals surface area contributed by atoms with Gasteiger partial charge in [-0.15, -0.1) is 0 Å². The molecule has 5 aliphatic rings. The van der Waals surface area contributed by atoms with Crippen molar-refractivity contribution in [3.63, 3.8) is 0 Å². The van der Waals surface area contributed by atoms with Crippen molar-refractivity contribution in [2.45, 2.75) is 78.6 Å². The molecule has 1 heteroatoms. The van der Waals surface area contributed by atoms with Crippen LogP contribution in [0.25, 0.3) is 0 Å². The molecule has 4 unspecified atom stereocenters. The first kappa shape index (κ1) is 14.3. The summed E-state index contributed by atoms with van der Waals surface area (Å²) in [6.07, 6.45) is 11.7. The molecular weight excluding hydrogens is 256 g/mol. The maximum atomic E-state index is 13.5. The molecule has 0 amide bonds. The van der Waals surface area contributed by atoms with Crippen molar-refractivity contribution in [3.8, 4) is 0 Å². The third-order valence-electron chi connectivity index (χ3n) is 7.43. The van der Waals surface area contributed by atoms with E-state index < -0.39 is 0 Å². The van der Waals surface area contributed by atoms with Crippen LogP contribution in [0.3, 0.4) is 0 Å². The number of hydrogen-bond acceptors (Lipinski definition) is 1. The highest BCUT2D eigenvalue weighted by atomic mass is 16.1. The van der Waals surface area contributed by atoms with Gasteiger partial charge in [0.25, 0.3) is 0 Å². The van der Waals surface area contributed by atoms with E-state index in [1.54, 1.807) is 0 Å². The highest BCUT2D eigenvalue weighted by molar-refractivity contribution is 5.87. The van der Waals surface area contributed by atoms with Gasteiger partial charge in [0.1, 0.15) is 5.78 Å². The van der Waals surface area contributed by atoms with Crippen molar-refractivity contribution >= 4 is 5.78 Å². The van der Waals surface area contributed by atoms with Crippen LogP contribution >= 0.6 is 0 Å². The molecule has 21 heavy (non-hydrogen) atoms. The third-order valence-corrected chi connectivity index (χ3v) is 7.43. The molecule has 0 aromatic heterocycles. The summed E-state index contributed by atoms with van der Waals surface area (Å²) < 4.78 is 0. The predicted octanol–water partition coefficient (Wildman–Crippen LogP) is 5.23. The molecular formula is C20H32O. The van der Waals surface area contributed by atoms with E-state index >= 15 is 0 Å². The molecule has 0 aromatic rings. The van der Waals surface area contributed by atoms with Gasteiger partial charge in [0, 0.05) is 11.3 Å². The van der Waals surface area contributed by atoms with E-state index in [0.29, 0.717) is 17.1 Å². The van der Waals surface area contributed by atoms with E-state index in [-0.39, 0.29) is 5.41 Å². The molecule has 1 nitrogen and oxygen atoms in total. The number of rotatable bonds is 2. The molecule has 0 N–H and O–H groups in total. The van der Waals surface area contributed by atoms with Gasteiger partial charge in [0.05, 0.1) is 0 Å². The minimum atomic E-state index is 0.111. The Morgan fingerprint density at radius 1 is 0.857 bits per heavy atom. The summed E-state index contributed by atoms with van der Waals surface area (Å²) >= 11 is 0. The second-order valence-electron chi connectivity index (χ2n) is 10.0. The SMILES string of the molecule is CC1CC(C)CC(C(=O)C23CC4CC(CC(C)(C4)C2)C3)C1. The van der Waals surface area contributed by atoms with Crippen LogP contribution in [0.4, 0.5) is 0 Å².